The van der Waals surface area contributed by atoms with Gasteiger partial charge in [0.15, 0.2) is 11.5 Å². The molecule has 2 heterocycles. The standard InChI is InChI=1S/C11H18N4O4/c1-7-3-15(5-9(6-16)18-7)4-8-2-10(14-19-8)11(17)13-12/h2,7,9,16H,3-6,12H2,1H3,(H,13,17). The zero-order valence-electron chi connectivity index (χ0n) is 10.7. The highest BCUT2D eigenvalue weighted by atomic mass is 16.5. The summed E-state index contributed by atoms with van der Waals surface area (Å²) in [5.74, 6) is 5.10. The largest absolute Gasteiger partial charge is 0.394 e. The first kappa shape index (κ1) is 13.9. The molecule has 1 aliphatic rings. The minimum absolute atomic E-state index is 0.0158. The van der Waals surface area contributed by atoms with Crippen molar-refractivity contribution in [1.82, 2.24) is 15.5 Å². The normalized spacial score (nSPS) is 24.4. The maximum atomic E-state index is 11.2. The summed E-state index contributed by atoms with van der Waals surface area (Å²) in [7, 11) is 0. The van der Waals surface area contributed by atoms with Gasteiger partial charge in [0.2, 0.25) is 0 Å². The molecule has 1 aliphatic heterocycles. The summed E-state index contributed by atoms with van der Waals surface area (Å²) in [4.78, 5) is 13.3. The lowest BCUT2D eigenvalue weighted by Crippen LogP contribution is -2.47. The van der Waals surface area contributed by atoms with E-state index in [-0.39, 0.29) is 24.5 Å². The van der Waals surface area contributed by atoms with E-state index in [0.717, 1.165) is 6.54 Å². The van der Waals surface area contributed by atoms with Gasteiger partial charge in [-0.3, -0.25) is 15.1 Å². The summed E-state index contributed by atoms with van der Waals surface area (Å²) < 4.78 is 10.6. The van der Waals surface area contributed by atoms with Crippen molar-refractivity contribution in [2.45, 2.75) is 25.7 Å². The number of carbonyl (C=O) groups is 1. The van der Waals surface area contributed by atoms with Gasteiger partial charge in [-0.05, 0) is 6.92 Å². The van der Waals surface area contributed by atoms with Gasteiger partial charge >= 0.3 is 0 Å². The average Bonchev–Trinajstić information content (AvgIpc) is 2.85. The molecule has 0 aromatic carbocycles. The lowest BCUT2D eigenvalue weighted by Gasteiger charge is -2.35. The quantitative estimate of drug-likeness (QED) is 0.360. The van der Waals surface area contributed by atoms with Gasteiger partial charge in [-0.15, -0.1) is 0 Å². The van der Waals surface area contributed by atoms with Gasteiger partial charge in [-0.2, -0.15) is 0 Å². The van der Waals surface area contributed by atoms with Crippen LogP contribution in [0, 0.1) is 0 Å². The zero-order chi connectivity index (χ0) is 13.8. The number of hydrazine groups is 1. The van der Waals surface area contributed by atoms with E-state index in [4.69, 9.17) is 20.2 Å². The molecule has 2 rings (SSSR count). The molecule has 2 unspecified atom stereocenters. The Kier molecular flexibility index (Phi) is 4.48. The van der Waals surface area contributed by atoms with E-state index < -0.39 is 5.91 Å². The third kappa shape index (κ3) is 3.51. The molecular weight excluding hydrogens is 252 g/mol. The second kappa shape index (κ2) is 6.11. The van der Waals surface area contributed by atoms with E-state index in [2.05, 4.69) is 10.1 Å². The van der Waals surface area contributed by atoms with E-state index in [0.29, 0.717) is 18.8 Å². The fraction of sp³-hybridized carbons (Fsp3) is 0.636. The molecule has 2 atom stereocenters. The molecule has 0 bridgehead atoms. The molecule has 0 spiro atoms. The summed E-state index contributed by atoms with van der Waals surface area (Å²) >= 11 is 0. The van der Waals surface area contributed by atoms with Crippen LogP contribution in [0.2, 0.25) is 0 Å². The Bertz CT molecular complexity index is 436. The van der Waals surface area contributed by atoms with Crippen molar-refractivity contribution in [2.24, 2.45) is 5.84 Å². The molecule has 0 aliphatic carbocycles. The summed E-state index contributed by atoms with van der Waals surface area (Å²) in [5, 5.41) is 12.8. The number of hydrogen-bond acceptors (Lipinski definition) is 7. The van der Waals surface area contributed by atoms with Crippen molar-refractivity contribution >= 4 is 5.91 Å². The van der Waals surface area contributed by atoms with Gasteiger partial charge in [0, 0.05) is 19.2 Å². The Hall–Kier alpha value is -1.48. The van der Waals surface area contributed by atoms with Crippen LogP contribution in [-0.2, 0) is 11.3 Å². The zero-order valence-corrected chi connectivity index (χ0v) is 10.7. The third-order valence-electron chi connectivity index (χ3n) is 2.91. The molecule has 4 N–H and O–H groups in total. The van der Waals surface area contributed by atoms with Crippen LogP contribution < -0.4 is 11.3 Å². The Morgan fingerprint density at radius 3 is 3.16 bits per heavy atom. The number of nitrogens with one attached hydrogen (secondary N) is 1. The van der Waals surface area contributed by atoms with Gasteiger partial charge < -0.3 is 14.4 Å². The van der Waals surface area contributed by atoms with Crippen molar-refractivity contribution < 1.29 is 19.2 Å². The van der Waals surface area contributed by atoms with Crippen LogP contribution in [0.25, 0.3) is 0 Å². The minimum Gasteiger partial charge on any atom is -0.394 e. The SMILES string of the molecule is CC1CN(Cc2cc(C(=O)NN)no2)CC(CO)O1. The number of nitrogens with two attached hydrogens (primary N) is 1. The molecule has 8 nitrogen and oxygen atoms in total. The molecule has 19 heavy (non-hydrogen) atoms. The van der Waals surface area contributed by atoms with Crippen LogP contribution in [0.5, 0.6) is 0 Å². The first-order chi connectivity index (χ1) is 9.12. The number of aliphatic hydroxyl groups excluding tert-OH is 1. The number of aromatic nitrogens is 1. The Balaban J connectivity index is 1.96. The van der Waals surface area contributed by atoms with E-state index in [1.807, 2.05) is 12.3 Å². The van der Waals surface area contributed by atoms with Crippen LogP contribution in [0.4, 0.5) is 0 Å². The summed E-state index contributed by atoms with van der Waals surface area (Å²) in [6.45, 7) is 3.78. The number of rotatable bonds is 4. The second-order valence-corrected chi connectivity index (χ2v) is 4.60. The molecular formula is C11H18N4O4. The second-order valence-electron chi connectivity index (χ2n) is 4.60. The van der Waals surface area contributed by atoms with Gasteiger partial charge in [0.05, 0.1) is 25.4 Å². The van der Waals surface area contributed by atoms with Gasteiger partial charge in [-0.25, -0.2) is 5.84 Å². The lowest BCUT2D eigenvalue weighted by molar-refractivity contribution is -0.0985. The van der Waals surface area contributed by atoms with Crippen molar-refractivity contribution in [2.75, 3.05) is 19.7 Å². The van der Waals surface area contributed by atoms with Crippen LogP contribution in [-0.4, -0.2) is 53.0 Å². The summed E-state index contributed by atoms with van der Waals surface area (Å²) in [5.41, 5.74) is 2.14. The maximum Gasteiger partial charge on any atom is 0.287 e. The van der Waals surface area contributed by atoms with Crippen LogP contribution in [0.1, 0.15) is 23.2 Å². The molecule has 1 fully saturated rings. The molecule has 1 aromatic rings. The van der Waals surface area contributed by atoms with Crippen molar-refractivity contribution in [3.05, 3.63) is 17.5 Å². The molecule has 1 aromatic heterocycles. The Morgan fingerprint density at radius 1 is 1.68 bits per heavy atom. The van der Waals surface area contributed by atoms with Crippen LogP contribution in [0.15, 0.2) is 10.6 Å². The number of ether oxygens (including phenoxy) is 1. The van der Waals surface area contributed by atoms with Crippen molar-refractivity contribution in [3.63, 3.8) is 0 Å². The fourth-order valence-corrected chi connectivity index (χ4v) is 2.16. The highest BCUT2D eigenvalue weighted by Gasteiger charge is 2.25. The van der Waals surface area contributed by atoms with Crippen molar-refractivity contribution in [1.29, 1.82) is 0 Å². The van der Waals surface area contributed by atoms with E-state index in [9.17, 15) is 4.79 Å². The smallest absolute Gasteiger partial charge is 0.287 e. The molecule has 106 valence electrons. The lowest BCUT2D eigenvalue weighted by atomic mass is 10.2. The van der Waals surface area contributed by atoms with E-state index >= 15 is 0 Å². The number of aliphatic hydroxyl groups is 1. The summed E-state index contributed by atoms with van der Waals surface area (Å²) in [6.07, 6.45) is -0.154. The Labute approximate surface area is 110 Å². The van der Waals surface area contributed by atoms with E-state index in [1.54, 1.807) is 6.07 Å². The van der Waals surface area contributed by atoms with Crippen LogP contribution in [0.3, 0.4) is 0 Å². The van der Waals surface area contributed by atoms with E-state index in [1.165, 1.54) is 0 Å². The van der Waals surface area contributed by atoms with Gasteiger partial charge in [0.25, 0.3) is 5.91 Å². The number of amides is 1. The molecule has 0 radical (unpaired) electrons. The Morgan fingerprint density at radius 2 is 2.47 bits per heavy atom. The average molecular weight is 270 g/mol. The van der Waals surface area contributed by atoms with Gasteiger partial charge in [-0.1, -0.05) is 5.16 Å². The molecule has 8 heteroatoms. The molecule has 0 saturated carbocycles. The van der Waals surface area contributed by atoms with Gasteiger partial charge in [0.1, 0.15) is 0 Å². The molecule has 1 amide bonds. The number of nitrogens with zero attached hydrogens (tertiary/aromatic N) is 2. The number of carbonyl (C=O) groups excluding carboxylic acids is 1. The number of hydrogen-bond donors (Lipinski definition) is 3. The number of nitrogen functional groups attached to an aromatic ring is 1. The molecule has 1 saturated heterocycles. The third-order valence-corrected chi connectivity index (χ3v) is 2.91. The highest BCUT2D eigenvalue weighted by molar-refractivity contribution is 5.91. The monoisotopic (exact) mass is 270 g/mol. The first-order valence-electron chi connectivity index (χ1n) is 6.07. The summed E-state index contributed by atoms with van der Waals surface area (Å²) in [6, 6.07) is 1.55. The van der Waals surface area contributed by atoms with Crippen LogP contribution >= 0.6 is 0 Å². The van der Waals surface area contributed by atoms with Crippen molar-refractivity contribution in [3.8, 4) is 0 Å². The number of morpholine rings is 1. The first-order valence-corrected chi connectivity index (χ1v) is 6.07. The predicted molar refractivity (Wildman–Crippen MR) is 64.9 cm³/mol. The fourth-order valence-electron chi connectivity index (χ4n) is 2.16. The minimum atomic E-state index is -0.487. The predicted octanol–water partition coefficient (Wildman–Crippen LogP) is -1.14. The maximum absolute atomic E-state index is 11.2. The highest BCUT2D eigenvalue weighted by Crippen LogP contribution is 2.14. The topological polar surface area (TPSA) is 114 Å².